The van der Waals surface area contributed by atoms with Crippen LogP contribution in [0.4, 0.5) is 0 Å². The van der Waals surface area contributed by atoms with Gasteiger partial charge in [-0.1, -0.05) is 54.7 Å². The van der Waals surface area contributed by atoms with Gasteiger partial charge in [0.1, 0.15) is 11.8 Å². The number of amides is 2. The molecule has 0 radical (unpaired) electrons. The number of ether oxygens (including phenoxy) is 1. The van der Waals surface area contributed by atoms with Crippen LogP contribution in [0.25, 0.3) is 0 Å². The molecule has 0 bridgehead atoms. The van der Waals surface area contributed by atoms with Gasteiger partial charge in [0, 0.05) is 33.7 Å². The van der Waals surface area contributed by atoms with Crippen molar-refractivity contribution in [3.63, 3.8) is 0 Å². The Bertz CT molecular complexity index is 922. The maximum Gasteiger partial charge on any atom is 0.261 e. The summed E-state index contributed by atoms with van der Waals surface area (Å²) >= 11 is 18.9. The lowest BCUT2D eigenvalue weighted by Crippen LogP contribution is -2.50. The van der Waals surface area contributed by atoms with Gasteiger partial charge in [0.2, 0.25) is 5.91 Å². The van der Waals surface area contributed by atoms with E-state index in [1.165, 1.54) is 4.90 Å². The zero-order valence-electron chi connectivity index (χ0n) is 18.8. The van der Waals surface area contributed by atoms with Crippen LogP contribution in [-0.2, 0) is 16.1 Å². The third-order valence-electron chi connectivity index (χ3n) is 5.10. The number of nitrogens with one attached hydrogen (secondary N) is 1. The van der Waals surface area contributed by atoms with E-state index in [1.807, 2.05) is 27.7 Å². The summed E-state index contributed by atoms with van der Waals surface area (Å²) in [5, 5.41) is 4.41. The number of nitrogens with zero attached hydrogens (tertiary/aromatic N) is 1. The van der Waals surface area contributed by atoms with Crippen molar-refractivity contribution < 1.29 is 14.3 Å². The average Bonchev–Trinajstić information content (AvgIpc) is 2.75. The van der Waals surface area contributed by atoms with E-state index in [0.717, 1.165) is 17.5 Å². The van der Waals surface area contributed by atoms with Crippen LogP contribution in [0.1, 0.15) is 43.4 Å². The summed E-state index contributed by atoms with van der Waals surface area (Å²) in [6, 6.07) is 8.03. The van der Waals surface area contributed by atoms with Crippen LogP contribution in [0.5, 0.6) is 5.75 Å². The number of hydrogen-bond acceptors (Lipinski definition) is 3. The number of carbonyl (C=O) groups excluding carboxylic acids is 2. The lowest BCUT2D eigenvalue weighted by molar-refractivity contribution is -0.143. The largest absolute Gasteiger partial charge is 0.484 e. The van der Waals surface area contributed by atoms with Crippen LogP contribution in [0.3, 0.4) is 0 Å². The third kappa shape index (κ3) is 6.77. The molecule has 0 heterocycles. The van der Waals surface area contributed by atoms with E-state index in [4.69, 9.17) is 39.5 Å². The predicted octanol–water partition coefficient (Wildman–Crippen LogP) is 5.98. The normalized spacial score (nSPS) is 11.7. The number of hydrogen-bond donors (Lipinski definition) is 1. The number of benzene rings is 2. The van der Waals surface area contributed by atoms with E-state index in [2.05, 4.69) is 5.32 Å². The van der Waals surface area contributed by atoms with Crippen LogP contribution in [0, 0.1) is 13.8 Å². The molecule has 0 spiro atoms. The molecule has 2 amide bonds. The van der Waals surface area contributed by atoms with Crippen LogP contribution in [0.2, 0.25) is 15.1 Å². The predicted molar refractivity (Wildman–Crippen MR) is 131 cm³/mol. The first kappa shape index (κ1) is 26.3. The van der Waals surface area contributed by atoms with E-state index >= 15 is 0 Å². The molecule has 0 aliphatic rings. The summed E-state index contributed by atoms with van der Waals surface area (Å²) in [6.45, 7) is 7.97. The van der Waals surface area contributed by atoms with Crippen molar-refractivity contribution in [2.75, 3.05) is 13.2 Å². The Morgan fingerprint density at radius 3 is 2.19 bits per heavy atom. The van der Waals surface area contributed by atoms with Crippen molar-refractivity contribution in [3.8, 4) is 5.75 Å². The van der Waals surface area contributed by atoms with Gasteiger partial charge < -0.3 is 15.0 Å². The maximum absolute atomic E-state index is 13.3. The third-order valence-corrected chi connectivity index (χ3v) is 6.40. The zero-order valence-corrected chi connectivity index (χ0v) is 21.1. The van der Waals surface area contributed by atoms with E-state index in [1.54, 1.807) is 30.3 Å². The van der Waals surface area contributed by atoms with Crippen molar-refractivity contribution in [1.29, 1.82) is 0 Å². The highest BCUT2D eigenvalue weighted by Gasteiger charge is 2.30. The molecule has 1 atom stereocenters. The summed E-state index contributed by atoms with van der Waals surface area (Å²) in [5.41, 5.74) is 2.31. The first-order valence-electron chi connectivity index (χ1n) is 10.6. The Labute approximate surface area is 205 Å². The Balaban J connectivity index is 2.29. The van der Waals surface area contributed by atoms with Crippen LogP contribution >= 0.6 is 34.8 Å². The smallest absolute Gasteiger partial charge is 0.261 e. The second-order valence-electron chi connectivity index (χ2n) is 7.60. The average molecular weight is 500 g/mol. The molecule has 0 saturated heterocycles. The Hall–Kier alpha value is -1.95. The minimum Gasteiger partial charge on any atom is -0.484 e. The lowest BCUT2D eigenvalue weighted by Gasteiger charge is -2.31. The summed E-state index contributed by atoms with van der Waals surface area (Å²) in [6.07, 6.45) is 1.23. The molecule has 8 heteroatoms. The summed E-state index contributed by atoms with van der Waals surface area (Å²) in [4.78, 5) is 27.6. The topological polar surface area (TPSA) is 58.6 Å². The molecule has 0 unspecified atom stereocenters. The van der Waals surface area contributed by atoms with Gasteiger partial charge in [0.25, 0.3) is 5.91 Å². The summed E-state index contributed by atoms with van der Waals surface area (Å²) < 4.78 is 5.77. The van der Waals surface area contributed by atoms with E-state index in [9.17, 15) is 9.59 Å². The minimum absolute atomic E-state index is 0.0947. The van der Waals surface area contributed by atoms with Gasteiger partial charge in [-0.3, -0.25) is 9.59 Å². The SMILES string of the molecule is CCCNC(=O)[C@H](CC)N(Cc1c(Cl)cccc1Cl)C(=O)COc1cc(C)c(Cl)c(C)c1. The highest BCUT2D eigenvalue weighted by atomic mass is 35.5. The molecule has 32 heavy (non-hydrogen) atoms. The monoisotopic (exact) mass is 498 g/mol. The molecular formula is C24H29Cl3N2O3. The molecule has 0 aliphatic heterocycles. The maximum atomic E-state index is 13.3. The van der Waals surface area contributed by atoms with Gasteiger partial charge in [-0.05, 0) is 62.1 Å². The molecule has 2 aromatic carbocycles. The molecule has 174 valence electrons. The number of aryl methyl sites for hydroxylation is 2. The van der Waals surface area contributed by atoms with Crippen LogP contribution < -0.4 is 10.1 Å². The molecular weight excluding hydrogens is 471 g/mol. The fourth-order valence-electron chi connectivity index (χ4n) is 3.36. The Kier molecular flexibility index (Phi) is 10.1. The van der Waals surface area contributed by atoms with Crippen LogP contribution in [0.15, 0.2) is 30.3 Å². The van der Waals surface area contributed by atoms with Gasteiger partial charge in [0.15, 0.2) is 6.61 Å². The van der Waals surface area contributed by atoms with Crippen molar-refractivity contribution >= 4 is 46.6 Å². The first-order valence-corrected chi connectivity index (χ1v) is 11.7. The van der Waals surface area contributed by atoms with Gasteiger partial charge in [0.05, 0.1) is 0 Å². The summed E-state index contributed by atoms with van der Waals surface area (Å²) in [7, 11) is 0. The molecule has 2 rings (SSSR count). The van der Waals surface area contributed by atoms with Gasteiger partial charge >= 0.3 is 0 Å². The van der Waals surface area contributed by atoms with Crippen molar-refractivity contribution in [2.45, 2.75) is 53.1 Å². The zero-order chi connectivity index (χ0) is 23.8. The van der Waals surface area contributed by atoms with Gasteiger partial charge in [-0.25, -0.2) is 0 Å². The standard InChI is InChI=1S/C24H29Cl3N2O3/c1-5-10-28-24(31)21(6-2)29(13-18-19(25)8-7-9-20(18)26)22(30)14-32-17-11-15(3)23(27)16(4)12-17/h7-9,11-12,21H,5-6,10,13-14H2,1-4H3,(H,28,31)/t21-/m0/s1. The molecule has 0 fully saturated rings. The molecule has 0 aliphatic carbocycles. The van der Waals surface area contributed by atoms with Gasteiger partial charge in [-0.15, -0.1) is 0 Å². The highest BCUT2D eigenvalue weighted by molar-refractivity contribution is 6.36. The van der Waals surface area contributed by atoms with E-state index in [0.29, 0.717) is 39.3 Å². The first-order chi connectivity index (χ1) is 15.2. The second-order valence-corrected chi connectivity index (χ2v) is 8.79. The molecule has 5 nitrogen and oxygen atoms in total. The molecule has 0 aromatic heterocycles. The Morgan fingerprint density at radius 2 is 1.66 bits per heavy atom. The van der Waals surface area contributed by atoms with E-state index < -0.39 is 6.04 Å². The van der Waals surface area contributed by atoms with Crippen LogP contribution in [-0.4, -0.2) is 35.9 Å². The molecule has 2 aromatic rings. The fourth-order valence-corrected chi connectivity index (χ4v) is 3.98. The highest BCUT2D eigenvalue weighted by Crippen LogP contribution is 2.28. The molecule has 1 N–H and O–H groups in total. The molecule has 0 saturated carbocycles. The number of carbonyl (C=O) groups is 2. The minimum atomic E-state index is -0.682. The quantitative estimate of drug-likeness (QED) is 0.438. The number of rotatable bonds is 10. The van der Waals surface area contributed by atoms with Crippen molar-refractivity contribution in [3.05, 3.63) is 62.1 Å². The van der Waals surface area contributed by atoms with Gasteiger partial charge in [-0.2, -0.15) is 0 Å². The number of halogens is 3. The van der Waals surface area contributed by atoms with Crippen molar-refractivity contribution in [1.82, 2.24) is 10.2 Å². The Morgan fingerprint density at radius 1 is 1.06 bits per heavy atom. The van der Waals surface area contributed by atoms with Crippen molar-refractivity contribution in [2.24, 2.45) is 0 Å². The second kappa shape index (κ2) is 12.3. The summed E-state index contributed by atoms with van der Waals surface area (Å²) in [5.74, 6) is -0.0224. The fraction of sp³-hybridized carbons (Fsp3) is 0.417. The van der Waals surface area contributed by atoms with E-state index in [-0.39, 0.29) is 25.0 Å². The lowest BCUT2D eigenvalue weighted by atomic mass is 10.1.